The van der Waals surface area contributed by atoms with E-state index in [0.29, 0.717) is 5.69 Å². The molecule has 2 aromatic rings. The molecule has 0 aliphatic heterocycles. The van der Waals surface area contributed by atoms with E-state index >= 15 is 0 Å². The molecular formula is C19H21NO5S. The Balaban J connectivity index is 2.08. The van der Waals surface area contributed by atoms with Crippen LogP contribution in [-0.4, -0.2) is 32.7 Å². The van der Waals surface area contributed by atoms with Crippen LogP contribution in [0.25, 0.3) is 0 Å². The third-order valence-corrected chi connectivity index (χ3v) is 4.94. The number of benzene rings is 2. The molecule has 0 aliphatic rings. The average Bonchev–Trinajstić information content (AvgIpc) is 2.61. The van der Waals surface area contributed by atoms with Gasteiger partial charge in [0.1, 0.15) is 0 Å². The Kier molecular flexibility index (Phi) is 6.15. The number of nitrogens with one attached hydrogen (secondary N) is 1. The highest BCUT2D eigenvalue weighted by Crippen LogP contribution is 2.17. The van der Waals surface area contributed by atoms with Gasteiger partial charge in [0.25, 0.3) is 5.91 Å². The number of hydrogen-bond donors (Lipinski definition) is 1. The lowest BCUT2D eigenvalue weighted by atomic mass is 10.1. The molecule has 1 atom stereocenters. The fourth-order valence-corrected chi connectivity index (χ4v) is 3.18. The minimum Gasteiger partial charge on any atom is -0.449 e. The van der Waals surface area contributed by atoms with E-state index in [4.69, 9.17) is 4.74 Å². The fraction of sp³-hybridized carbons (Fsp3) is 0.263. The standard InChI is InChI=1S/C19H21NO5S/c1-4-14-9-11-15(12-10-14)20-18(21)13(2)25-19(22)16-7-5-6-8-17(16)26(3,23)24/h5-13H,4H2,1-3H3,(H,20,21)/t13-/m0/s1. The molecule has 0 aliphatic carbocycles. The molecule has 6 nitrogen and oxygen atoms in total. The summed E-state index contributed by atoms with van der Waals surface area (Å²) in [7, 11) is -3.59. The van der Waals surface area contributed by atoms with Crippen LogP contribution in [0.1, 0.15) is 29.8 Å². The van der Waals surface area contributed by atoms with Gasteiger partial charge < -0.3 is 10.1 Å². The highest BCUT2D eigenvalue weighted by molar-refractivity contribution is 7.90. The van der Waals surface area contributed by atoms with Crippen LogP contribution in [0.2, 0.25) is 0 Å². The number of rotatable bonds is 6. The van der Waals surface area contributed by atoms with Crippen molar-refractivity contribution in [3.8, 4) is 0 Å². The van der Waals surface area contributed by atoms with Crippen LogP contribution < -0.4 is 5.32 Å². The lowest BCUT2D eigenvalue weighted by Gasteiger charge is -2.15. The Bertz CT molecular complexity index is 904. The Morgan fingerprint density at radius 2 is 1.69 bits per heavy atom. The second-order valence-corrected chi connectivity index (χ2v) is 7.84. The summed E-state index contributed by atoms with van der Waals surface area (Å²) in [5, 5.41) is 2.66. The largest absolute Gasteiger partial charge is 0.449 e. The molecule has 0 spiro atoms. The van der Waals surface area contributed by atoms with Crippen molar-refractivity contribution in [2.45, 2.75) is 31.3 Å². The van der Waals surface area contributed by atoms with Gasteiger partial charge in [-0.3, -0.25) is 4.79 Å². The maximum Gasteiger partial charge on any atom is 0.340 e. The van der Waals surface area contributed by atoms with Gasteiger partial charge in [-0.15, -0.1) is 0 Å². The van der Waals surface area contributed by atoms with Crippen molar-refractivity contribution in [1.29, 1.82) is 0 Å². The maximum absolute atomic E-state index is 12.3. The van der Waals surface area contributed by atoms with Gasteiger partial charge in [-0.1, -0.05) is 31.2 Å². The number of hydrogen-bond acceptors (Lipinski definition) is 5. The summed E-state index contributed by atoms with van der Waals surface area (Å²) in [5.41, 5.74) is 1.63. The fourth-order valence-electron chi connectivity index (χ4n) is 2.30. The number of anilines is 1. The average molecular weight is 375 g/mol. The number of carbonyl (C=O) groups is 2. The molecule has 0 fully saturated rings. The van der Waals surface area contributed by atoms with Gasteiger partial charge in [0.15, 0.2) is 15.9 Å². The van der Waals surface area contributed by atoms with Crippen LogP contribution in [0.4, 0.5) is 5.69 Å². The van der Waals surface area contributed by atoms with Crippen LogP contribution in [0.15, 0.2) is 53.4 Å². The van der Waals surface area contributed by atoms with Crippen molar-refractivity contribution in [3.05, 3.63) is 59.7 Å². The van der Waals surface area contributed by atoms with E-state index in [-0.39, 0.29) is 10.5 Å². The Labute approximate surface area is 153 Å². The molecular weight excluding hydrogens is 354 g/mol. The van der Waals surface area contributed by atoms with Gasteiger partial charge in [0, 0.05) is 11.9 Å². The van der Waals surface area contributed by atoms with E-state index in [1.54, 1.807) is 12.1 Å². The highest BCUT2D eigenvalue weighted by atomic mass is 32.2. The Hall–Kier alpha value is -2.67. The van der Waals surface area contributed by atoms with Crippen LogP contribution in [0.3, 0.4) is 0 Å². The van der Waals surface area contributed by atoms with E-state index in [2.05, 4.69) is 5.32 Å². The summed E-state index contributed by atoms with van der Waals surface area (Å²) in [6.07, 6.45) is 0.818. The second kappa shape index (κ2) is 8.14. The molecule has 0 radical (unpaired) electrons. The molecule has 2 rings (SSSR count). The molecule has 2 aromatic carbocycles. The molecule has 0 unspecified atom stereocenters. The summed E-state index contributed by atoms with van der Waals surface area (Å²) in [4.78, 5) is 24.4. The van der Waals surface area contributed by atoms with Crippen molar-refractivity contribution in [1.82, 2.24) is 0 Å². The Morgan fingerprint density at radius 3 is 2.27 bits per heavy atom. The summed E-state index contributed by atoms with van der Waals surface area (Å²) >= 11 is 0. The summed E-state index contributed by atoms with van der Waals surface area (Å²) in [5.74, 6) is -1.37. The van der Waals surface area contributed by atoms with Gasteiger partial charge >= 0.3 is 5.97 Å². The van der Waals surface area contributed by atoms with Gasteiger partial charge in [-0.25, -0.2) is 13.2 Å². The van der Waals surface area contributed by atoms with E-state index in [1.165, 1.54) is 31.2 Å². The summed E-state index contributed by atoms with van der Waals surface area (Å²) in [6, 6.07) is 13.1. The summed E-state index contributed by atoms with van der Waals surface area (Å²) < 4.78 is 28.7. The van der Waals surface area contributed by atoms with E-state index in [9.17, 15) is 18.0 Å². The van der Waals surface area contributed by atoms with E-state index < -0.39 is 27.8 Å². The minimum absolute atomic E-state index is 0.0954. The SMILES string of the molecule is CCc1ccc(NC(=O)[C@H](C)OC(=O)c2ccccc2S(C)(=O)=O)cc1. The number of esters is 1. The predicted molar refractivity (Wildman–Crippen MR) is 98.9 cm³/mol. The molecule has 0 heterocycles. The third kappa shape index (κ3) is 4.92. The molecule has 1 N–H and O–H groups in total. The molecule has 26 heavy (non-hydrogen) atoms. The first-order chi connectivity index (χ1) is 12.2. The molecule has 0 saturated carbocycles. The topological polar surface area (TPSA) is 89.5 Å². The smallest absolute Gasteiger partial charge is 0.340 e. The van der Waals surface area contributed by atoms with Crippen molar-refractivity contribution >= 4 is 27.4 Å². The van der Waals surface area contributed by atoms with Gasteiger partial charge in [0.05, 0.1) is 10.5 Å². The van der Waals surface area contributed by atoms with Crippen molar-refractivity contribution in [2.75, 3.05) is 11.6 Å². The van der Waals surface area contributed by atoms with Gasteiger partial charge in [-0.2, -0.15) is 0 Å². The zero-order valence-corrected chi connectivity index (χ0v) is 15.7. The highest BCUT2D eigenvalue weighted by Gasteiger charge is 2.23. The van der Waals surface area contributed by atoms with Crippen molar-refractivity contribution < 1.29 is 22.7 Å². The number of aryl methyl sites for hydroxylation is 1. The monoisotopic (exact) mass is 375 g/mol. The number of ether oxygens (including phenoxy) is 1. The quantitative estimate of drug-likeness (QED) is 0.784. The lowest BCUT2D eigenvalue weighted by molar-refractivity contribution is -0.123. The first kappa shape index (κ1) is 19.7. The number of carbonyl (C=O) groups excluding carboxylic acids is 2. The van der Waals surface area contributed by atoms with Crippen LogP contribution in [0.5, 0.6) is 0 Å². The summed E-state index contributed by atoms with van der Waals surface area (Å²) in [6.45, 7) is 3.46. The molecule has 1 amide bonds. The first-order valence-electron chi connectivity index (χ1n) is 8.12. The van der Waals surface area contributed by atoms with Crippen molar-refractivity contribution in [2.24, 2.45) is 0 Å². The number of sulfone groups is 1. The Morgan fingerprint density at radius 1 is 1.08 bits per heavy atom. The van der Waals surface area contributed by atoms with E-state index in [0.717, 1.165) is 18.2 Å². The molecule has 0 bridgehead atoms. The maximum atomic E-state index is 12.3. The zero-order valence-electron chi connectivity index (χ0n) is 14.9. The van der Waals surface area contributed by atoms with Crippen LogP contribution in [-0.2, 0) is 25.8 Å². The lowest BCUT2D eigenvalue weighted by Crippen LogP contribution is -2.30. The predicted octanol–water partition coefficient (Wildman–Crippen LogP) is 2.84. The van der Waals surface area contributed by atoms with Crippen LogP contribution >= 0.6 is 0 Å². The molecule has 0 saturated heterocycles. The normalized spacial score (nSPS) is 12.3. The first-order valence-corrected chi connectivity index (χ1v) is 10.0. The molecule has 0 aromatic heterocycles. The zero-order chi connectivity index (χ0) is 19.3. The second-order valence-electron chi connectivity index (χ2n) is 5.86. The molecule has 138 valence electrons. The third-order valence-electron chi connectivity index (χ3n) is 3.79. The molecule has 7 heteroatoms. The van der Waals surface area contributed by atoms with Crippen LogP contribution in [0, 0.1) is 0 Å². The van der Waals surface area contributed by atoms with Gasteiger partial charge in [0.2, 0.25) is 0 Å². The van der Waals surface area contributed by atoms with Gasteiger partial charge in [-0.05, 0) is 43.2 Å². The van der Waals surface area contributed by atoms with E-state index in [1.807, 2.05) is 19.1 Å². The number of amides is 1. The van der Waals surface area contributed by atoms with Crippen molar-refractivity contribution in [3.63, 3.8) is 0 Å². The minimum atomic E-state index is -3.59.